The third kappa shape index (κ3) is 4.40. The van der Waals surface area contributed by atoms with Gasteiger partial charge in [-0.25, -0.2) is 0 Å². The van der Waals surface area contributed by atoms with Gasteiger partial charge in [0, 0.05) is 37.9 Å². The van der Waals surface area contributed by atoms with E-state index in [2.05, 4.69) is 40.8 Å². The lowest BCUT2D eigenvalue weighted by molar-refractivity contribution is -0.116. The van der Waals surface area contributed by atoms with E-state index in [1.54, 1.807) is 0 Å². The number of rotatable bonds is 6. The zero-order valence-electron chi connectivity index (χ0n) is 16.4. The predicted molar refractivity (Wildman–Crippen MR) is 113 cm³/mol. The molecule has 0 aliphatic carbocycles. The molecule has 27 heavy (non-hydrogen) atoms. The van der Waals surface area contributed by atoms with Crippen LogP contribution in [0.2, 0.25) is 0 Å². The molecule has 0 saturated heterocycles. The van der Waals surface area contributed by atoms with Gasteiger partial charge in [0.15, 0.2) is 0 Å². The average molecular weight is 361 g/mol. The van der Waals surface area contributed by atoms with E-state index in [1.165, 1.54) is 16.7 Å². The van der Waals surface area contributed by atoms with Crippen molar-refractivity contribution in [1.82, 2.24) is 4.57 Å². The second-order valence-electron chi connectivity index (χ2n) is 7.15. The van der Waals surface area contributed by atoms with E-state index in [0.29, 0.717) is 6.42 Å². The van der Waals surface area contributed by atoms with Gasteiger partial charge in [-0.2, -0.15) is 0 Å². The summed E-state index contributed by atoms with van der Waals surface area (Å²) in [5.74, 6) is 0.00510. The number of amides is 1. The van der Waals surface area contributed by atoms with Gasteiger partial charge in [0.2, 0.25) is 5.91 Å². The van der Waals surface area contributed by atoms with Crippen LogP contribution in [0.5, 0.6) is 0 Å². The molecule has 1 amide bonds. The standard InChI is InChI=1S/C23H27N3O/c1-17-9-5-6-10-20(17)22(26-13-7-8-14-26)16-23(27)24-19-12-11-18(2)21(15-19)25(3)4/h5-15,22H,16H2,1-4H3,(H,24,27). The highest BCUT2D eigenvalue weighted by Gasteiger charge is 2.19. The Bertz CT molecular complexity index is 913. The molecular formula is C23H27N3O. The first-order chi connectivity index (χ1) is 13.0. The van der Waals surface area contributed by atoms with Crippen molar-refractivity contribution in [3.8, 4) is 0 Å². The molecule has 1 aromatic heterocycles. The summed E-state index contributed by atoms with van der Waals surface area (Å²) in [6, 6.07) is 18.2. The van der Waals surface area contributed by atoms with Gasteiger partial charge in [0.1, 0.15) is 0 Å². The van der Waals surface area contributed by atoms with Gasteiger partial charge in [-0.1, -0.05) is 30.3 Å². The van der Waals surface area contributed by atoms with E-state index in [4.69, 9.17) is 0 Å². The Hall–Kier alpha value is -3.01. The van der Waals surface area contributed by atoms with Crippen LogP contribution in [0.3, 0.4) is 0 Å². The van der Waals surface area contributed by atoms with Crippen molar-refractivity contribution in [2.24, 2.45) is 0 Å². The molecule has 1 N–H and O–H groups in total. The molecule has 0 spiro atoms. The number of carbonyl (C=O) groups excluding carboxylic acids is 1. The Balaban J connectivity index is 1.82. The van der Waals surface area contributed by atoms with E-state index in [9.17, 15) is 4.79 Å². The summed E-state index contributed by atoms with van der Waals surface area (Å²) in [7, 11) is 4.02. The van der Waals surface area contributed by atoms with Crippen LogP contribution in [0.15, 0.2) is 67.0 Å². The summed E-state index contributed by atoms with van der Waals surface area (Å²) >= 11 is 0. The Morgan fingerprint density at radius 3 is 2.37 bits per heavy atom. The minimum Gasteiger partial charge on any atom is -0.377 e. The lowest BCUT2D eigenvalue weighted by atomic mass is 9.98. The van der Waals surface area contributed by atoms with E-state index in [-0.39, 0.29) is 11.9 Å². The lowest BCUT2D eigenvalue weighted by Gasteiger charge is -2.22. The summed E-state index contributed by atoms with van der Waals surface area (Å²) in [6.45, 7) is 4.16. The first-order valence-electron chi connectivity index (χ1n) is 9.21. The Morgan fingerprint density at radius 1 is 1.00 bits per heavy atom. The molecule has 1 unspecified atom stereocenters. The number of aromatic nitrogens is 1. The van der Waals surface area contributed by atoms with Crippen molar-refractivity contribution in [2.75, 3.05) is 24.3 Å². The largest absolute Gasteiger partial charge is 0.377 e. The molecular weight excluding hydrogens is 334 g/mol. The van der Waals surface area contributed by atoms with Gasteiger partial charge < -0.3 is 14.8 Å². The number of nitrogens with zero attached hydrogens (tertiary/aromatic N) is 2. The number of anilines is 2. The van der Waals surface area contributed by atoms with Crippen LogP contribution in [-0.2, 0) is 4.79 Å². The summed E-state index contributed by atoms with van der Waals surface area (Å²) in [5, 5.41) is 3.07. The fourth-order valence-electron chi connectivity index (χ4n) is 3.45. The number of nitrogens with one attached hydrogen (secondary N) is 1. The molecule has 2 aromatic carbocycles. The van der Waals surface area contributed by atoms with Crippen LogP contribution < -0.4 is 10.2 Å². The smallest absolute Gasteiger partial charge is 0.226 e. The van der Waals surface area contributed by atoms with Gasteiger partial charge >= 0.3 is 0 Å². The third-order valence-electron chi connectivity index (χ3n) is 4.89. The van der Waals surface area contributed by atoms with Crippen molar-refractivity contribution < 1.29 is 4.79 Å². The van der Waals surface area contributed by atoms with E-state index in [0.717, 1.165) is 11.4 Å². The minimum absolute atomic E-state index is 0.00510. The molecule has 1 heterocycles. The quantitative estimate of drug-likeness (QED) is 0.685. The van der Waals surface area contributed by atoms with Crippen molar-refractivity contribution in [2.45, 2.75) is 26.3 Å². The van der Waals surface area contributed by atoms with Crippen molar-refractivity contribution >= 4 is 17.3 Å². The van der Waals surface area contributed by atoms with Gasteiger partial charge in [0.05, 0.1) is 12.5 Å². The first kappa shape index (κ1) is 18.8. The second-order valence-corrected chi connectivity index (χ2v) is 7.15. The molecule has 0 fully saturated rings. The zero-order chi connectivity index (χ0) is 19.4. The predicted octanol–water partition coefficient (Wildman–Crippen LogP) is 4.79. The van der Waals surface area contributed by atoms with Crippen molar-refractivity contribution in [3.63, 3.8) is 0 Å². The van der Waals surface area contributed by atoms with Crippen LogP contribution >= 0.6 is 0 Å². The summed E-state index contributed by atoms with van der Waals surface area (Å²) < 4.78 is 2.10. The zero-order valence-corrected chi connectivity index (χ0v) is 16.4. The van der Waals surface area contributed by atoms with Crippen molar-refractivity contribution in [1.29, 1.82) is 0 Å². The van der Waals surface area contributed by atoms with E-state index < -0.39 is 0 Å². The second kappa shape index (κ2) is 8.12. The average Bonchev–Trinajstić information content (AvgIpc) is 3.16. The number of hydrogen-bond donors (Lipinski definition) is 1. The molecule has 4 nitrogen and oxygen atoms in total. The Labute approximate surface area is 161 Å². The SMILES string of the molecule is Cc1ccccc1C(CC(=O)Nc1ccc(C)c(N(C)C)c1)n1cccc1. The highest BCUT2D eigenvalue weighted by Crippen LogP contribution is 2.27. The Kier molecular flexibility index (Phi) is 5.65. The topological polar surface area (TPSA) is 37.3 Å². The normalized spacial score (nSPS) is 11.9. The number of aryl methyl sites for hydroxylation is 2. The summed E-state index contributed by atoms with van der Waals surface area (Å²) in [4.78, 5) is 14.9. The maximum atomic E-state index is 12.8. The summed E-state index contributed by atoms with van der Waals surface area (Å²) in [6.07, 6.45) is 4.41. The van der Waals surface area contributed by atoms with Gasteiger partial charge in [-0.3, -0.25) is 4.79 Å². The van der Waals surface area contributed by atoms with Crippen LogP contribution in [0, 0.1) is 13.8 Å². The molecule has 4 heteroatoms. The molecule has 140 valence electrons. The van der Waals surface area contributed by atoms with Crippen LogP contribution in [-0.4, -0.2) is 24.6 Å². The third-order valence-corrected chi connectivity index (χ3v) is 4.89. The maximum Gasteiger partial charge on any atom is 0.226 e. The fraction of sp³-hybridized carbons (Fsp3) is 0.261. The van der Waals surface area contributed by atoms with Gasteiger partial charge in [0.25, 0.3) is 0 Å². The van der Waals surface area contributed by atoms with Crippen LogP contribution in [0.4, 0.5) is 11.4 Å². The monoisotopic (exact) mass is 361 g/mol. The van der Waals surface area contributed by atoms with E-state index >= 15 is 0 Å². The Morgan fingerprint density at radius 2 is 1.70 bits per heavy atom. The van der Waals surface area contributed by atoms with Crippen molar-refractivity contribution in [3.05, 3.63) is 83.7 Å². The first-order valence-corrected chi connectivity index (χ1v) is 9.21. The summed E-state index contributed by atoms with van der Waals surface area (Å²) in [5.41, 5.74) is 5.47. The number of benzene rings is 2. The molecule has 0 bridgehead atoms. The van der Waals surface area contributed by atoms with Crippen LogP contribution in [0.25, 0.3) is 0 Å². The molecule has 0 aliphatic rings. The number of carbonyl (C=O) groups is 1. The van der Waals surface area contributed by atoms with Gasteiger partial charge in [-0.05, 0) is 54.8 Å². The maximum absolute atomic E-state index is 12.8. The highest BCUT2D eigenvalue weighted by atomic mass is 16.1. The minimum atomic E-state index is -0.0278. The number of hydrogen-bond acceptors (Lipinski definition) is 2. The molecule has 1 atom stereocenters. The molecule has 3 aromatic rings. The fourth-order valence-corrected chi connectivity index (χ4v) is 3.45. The molecule has 3 rings (SSSR count). The lowest BCUT2D eigenvalue weighted by Crippen LogP contribution is -2.20. The highest BCUT2D eigenvalue weighted by molar-refractivity contribution is 5.92. The molecule has 0 saturated carbocycles. The van der Waals surface area contributed by atoms with E-state index in [1.807, 2.05) is 69.0 Å². The molecule has 0 aliphatic heterocycles. The van der Waals surface area contributed by atoms with Crippen LogP contribution in [0.1, 0.15) is 29.2 Å². The van der Waals surface area contributed by atoms with Gasteiger partial charge in [-0.15, -0.1) is 0 Å². The molecule has 0 radical (unpaired) electrons.